The topological polar surface area (TPSA) is 58.4 Å². The highest BCUT2D eigenvalue weighted by Gasteiger charge is 2.18. The molecule has 3 aromatic rings. The number of rotatable bonds is 6. The van der Waals surface area contributed by atoms with Gasteiger partial charge in [0.1, 0.15) is 19.0 Å². The molecule has 1 aromatic heterocycles. The molecule has 0 saturated carbocycles. The number of benzene rings is 2. The minimum absolute atomic E-state index is 0.522. The zero-order chi connectivity index (χ0) is 19.5. The smallest absolute Gasteiger partial charge is 0.191 e. The largest absolute Gasteiger partial charge is 0.497 e. The number of nitrogens with zero attached hydrogens (tertiary/aromatic N) is 3. The van der Waals surface area contributed by atoms with E-state index in [-0.39, 0.29) is 0 Å². The van der Waals surface area contributed by atoms with Crippen LogP contribution in [-0.2, 0) is 12.3 Å². The second-order valence-electron chi connectivity index (χ2n) is 6.17. The molecular formula is C20H20ClN3O3S. The lowest BCUT2D eigenvalue weighted by molar-refractivity contribution is 0.171. The summed E-state index contributed by atoms with van der Waals surface area (Å²) in [7, 11) is 1.66. The molecule has 0 atom stereocenters. The highest BCUT2D eigenvalue weighted by Crippen LogP contribution is 2.39. The molecule has 28 heavy (non-hydrogen) atoms. The van der Waals surface area contributed by atoms with Crippen LogP contribution in [0.15, 0.2) is 41.6 Å². The van der Waals surface area contributed by atoms with Gasteiger partial charge in [0.2, 0.25) is 0 Å². The molecule has 6 nitrogen and oxygen atoms in total. The number of methoxy groups -OCH3 is 1. The number of hydrogen-bond acceptors (Lipinski definition) is 6. The first-order chi connectivity index (χ1) is 13.7. The molecule has 0 spiro atoms. The first-order valence-corrected chi connectivity index (χ1v) is 10.3. The van der Waals surface area contributed by atoms with Crippen molar-refractivity contribution in [3.63, 3.8) is 0 Å². The lowest BCUT2D eigenvalue weighted by Gasteiger charge is -2.20. The molecule has 1 aliphatic heterocycles. The third-order valence-corrected chi connectivity index (χ3v) is 5.72. The average molecular weight is 418 g/mol. The van der Waals surface area contributed by atoms with Gasteiger partial charge in [-0.3, -0.25) is 0 Å². The van der Waals surface area contributed by atoms with Gasteiger partial charge in [-0.25, -0.2) is 0 Å². The van der Waals surface area contributed by atoms with Crippen LogP contribution < -0.4 is 14.2 Å². The molecule has 0 bridgehead atoms. The maximum absolute atomic E-state index is 6.34. The second-order valence-corrected chi connectivity index (χ2v) is 7.52. The van der Waals surface area contributed by atoms with E-state index in [0.29, 0.717) is 35.5 Å². The fourth-order valence-corrected chi connectivity index (χ4v) is 4.25. The van der Waals surface area contributed by atoms with Crippen LogP contribution in [0.3, 0.4) is 0 Å². The van der Waals surface area contributed by atoms with E-state index in [2.05, 4.69) is 21.7 Å². The number of fused-ring (bicyclic) bond motifs is 1. The Labute approximate surface area is 172 Å². The molecule has 0 saturated heterocycles. The third kappa shape index (κ3) is 3.77. The Balaban J connectivity index is 1.54. The van der Waals surface area contributed by atoms with Crippen molar-refractivity contribution in [2.24, 2.45) is 0 Å². The predicted octanol–water partition coefficient (Wildman–Crippen LogP) is 4.69. The number of halogens is 1. The predicted molar refractivity (Wildman–Crippen MR) is 110 cm³/mol. The van der Waals surface area contributed by atoms with Crippen LogP contribution in [0.4, 0.5) is 0 Å². The standard InChI is InChI=1S/C20H20ClN3O3S/c1-3-24-19(14-4-6-15(25-2)7-5-14)22-23-20(24)28-12-13-10-16(21)18-17(11-13)26-8-9-27-18/h4-7,10-11H,3,8-9,12H2,1-2H3. The van der Waals surface area contributed by atoms with Gasteiger partial charge in [0.05, 0.1) is 12.1 Å². The van der Waals surface area contributed by atoms with Gasteiger partial charge < -0.3 is 18.8 Å². The molecular weight excluding hydrogens is 398 g/mol. The summed E-state index contributed by atoms with van der Waals surface area (Å²) in [6, 6.07) is 11.7. The van der Waals surface area contributed by atoms with Crippen LogP contribution in [0.25, 0.3) is 11.4 Å². The highest BCUT2D eigenvalue weighted by molar-refractivity contribution is 7.98. The summed E-state index contributed by atoms with van der Waals surface area (Å²) in [5, 5.41) is 10.2. The minimum Gasteiger partial charge on any atom is -0.497 e. The number of ether oxygens (including phenoxy) is 3. The van der Waals surface area contributed by atoms with Crippen molar-refractivity contribution in [2.45, 2.75) is 24.4 Å². The van der Waals surface area contributed by atoms with Crippen LogP contribution in [0.2, 0.25) is 5.02 Å². The summed E-state index contributed by atoms with van der Waals surface area (Å²) in [6.45, 7) is 3.92. The number of thioether (sulfide) groups is 1. The quantitative estimate of drug-likeness (QED) is 0.542. The first-order valence-electron chi connectivity index (χ1n) is 8.98. The van der Waals surface area contributed by atoms with E-state index in [1.165, 1.54) is 0 Å². The van der Waals surface area contributed by atoms with Gasteiger partial charge >= 0.3 is 0 Å². The Morgan fingerprint density at radius 2 is 1.93 bits per heavy atom. The fraction of sp³-hybridized carbons (Fsp3) is 0.300. The van der Waals surface area contributed by atoms with E-state index in [1.54, 1.807) is 18.9 Å². The Morgan fingerprint density at radius 3 is 2.68 bits per heavy atom. The van der Waals surface area contributed by atoms with Crippen molar-refractivity contribution in [2.75, 3.05) is 20.3 Å². The lowest BCUT2D eigenvalue weighted by atomic mass is 10.2. The van der Waals surface area contributed by atoms with E-state index < -0.39 is 0 Å². The summed E-state index contributed by atoms with van der Waals surface area (Å²) in [6.07, 6.45) is 0. The molecule has 0 radical (unpaired) electrons. The van der Waals surface area contributed by atoms with E-state index >= 15 is 0 Å². The van der Waals surface area contributed by atoms with Gasteiger partial charge in [-0.15, -0.1) is 10.2 Å². The molecule has 0 N–H and O–H groups in total. The van der Waals surface area contributed by atoms with Crippen molar-refractivity contribution >= 4 is 23.4 Å². The molecule has 2 aromatic carbocycles. The molecule has 1 aliphatic rings. The zero-order valence-electron chi connectivity index (χ0n) is 15.6. The summed E-state index contributed by atoms with van der Waals surface area (Å²) in [4.78, 5) is 0. The normalized spacial score (nSPS) is 12.8. The van der Waals surface area contributed by atoms with Crippen molar-refractivity contribution in [3.05, 3.63) is 47.0 Å². The summed E-state index contributed by atoms with van der Waals surface area (Å²) in [5.41, 5.74) is 2.06. The molecule has 0 fully saturated rings. The van der Waals surface area contributed by atoms with Gasteiger partial charge in [-0.1, -0.05) is 23.4 Å². The van der Waals surface area contributed by atoms with Crippen LogP contribution >= 0.6 is 23.4 Å². The van der Waals surface area contributed by atoms with E-state index in [4.69, 9.17) is 25.8 Å². The molecule has 2 heterocycles. The average Bonchev–Trinajstić information content (AvgIpc) is 3.15. The summed E-state index contributed by atoms with van der Waals surface area (Å²) in [5.74, 6) is 3.69. The number of aromatic nitrogens is 3. The van der Waals surface area contributed by atoms with Gasteiger partial charge in [0.25, 0.3) is 0 Å². The van der Waals surface area contributed by atoms with Crippen LogP contribution in [0.1, 0.15) is 12.5 Å². The Kier molecular flexibility index (Phi) is 5.64. The van der Waals surface area contributed by atoms with Crippen LogP contribution in [-0.4, -0.2) is 35.1 Å². The number of hydrogen-bond donors (Lipinski definition) is 0. The molecule has 4 rings (SSSR count). The van der Waals surface area contributed by atoms with Gasteiger partial charge in [0.15, 0.2) is 22.5 Å². The SMILES string of the molecule is CCn1c(SCc2cc(Cl)c3c(c2)OCCO3)nnc1-c1ccc(OC)cc1. The monoisotopic (exact) mass is 417 g/mol. The van der Waals surface area contributed by atoms with E-state index in [1.807, 2.05) is 36.4 Å². The van der Waals surface area contributed by atoms with Crippen molar-refractivity contribution in [1.82, 2.24) is 14.8 Å². The Bertz CT molecular complexity index is 976. The van der Waals surface area contributed by atoms with Crippen molar-refractivity contribution in [3.8, 4) is 28.6 Å². The third-order valence-electron chi connectivity index (χ3n) is 4.41. The van der Waals surface area contributed by atoms with Gasteiger partial charge in [0, 0.05) is 17.9 Å². The summed E-state index contributed by atoms with van der Waals surface area (Å²) < 4.78 is 18.6. The van der Waals surface area contributed by atoms with Crippen molar-refractivity contribution < 1.29 is 14.2 Å². The van der Waals surface area contributed by atoms with Crippen LogP contribution in [0, 0.1) is 0 Å². The maximum Gasteiger partial charge on any atom is 0.191 e. The van der Waals surface area contributed by atoms with Gasteiger partial charge in [-0.05, 0) is 48.9 Å². The highest BCUT2D eigenvalue weighted by atomic mass is 35.5. The minimum atomic E-state index is 0.522. The van der Waals surface area contributed by atoms with Gasteiger partial charge in [-0.2, -0.15) is 0 Å². The van der Waals surface area contributed by atoms with E-state index in [9.17, 15) is 0 Å². The Hall–Kier alpha value is -2.38. The maximum atomic E-state index is 6.34. The lowest BCUT2D eigenvalue weighted by Crippen LogP contribution is -2.15. The fourth-order valence-electron chi connectivity index (χ4n) is 3.03. The molecule has 8 heteroatoms. The summed E-state index contributed by atoms with van der Waals surface area (Å²) >= 11 is 7.96. The molecule has 0 aliphatic carbocycles. The molecule has 0 amide bonds. The molecule has 146 valence electrons. The van der Waals surface area contributed by atoms with Crippen molar-refractivity contribution in [1.29, 1.82) is 0 Å². The second kappa shape index (κ2) is 8.32. The van der Waals surface area contributed by atoms with Crippen LogP contribution in [0.5, 0.6) is 17.2 Å². The Morgan fingerprint density at radius 1 is 1.14 bits per heavy atom. The van der Waals surface area contributed by atoms with E-state index in [0.717, 1.165) is 34.4 Å². The zero-order valence-corrected chi connectivity index (χ0v) is 17.2. The first kappa shape index (κ1) is 19.0. The molecule has 0 unspecified atom stereocenters.